The van der Waals surface area contributed by atoms with Gasteiger partial charge in [-0.25, -0.2) is 9.78 Å². The van der Waals surface area contributed by atoms with Crippen LogP contribution in [0, 0.1) is 0 Å². The number of hydrogen-bond donors (Lipinski definition) is 1. The Morgan fingerprint density at radius 3 is 2.81 bits per heavy atom. The van der Waals surface area contributed by atoms with Crippen molar-refractivity contribution in [2.45, 2.75) is 19.9 Å². The third-order valence-corrected chi connectivity index (χ3v) is 1.97. The first-order valence-corrected chi connectivity index (χ1v) is 5.10. The van der Waals surface area contributed by atoms with Gasteiger partial charge in [0.1, 0.15) is 6.04 Å². The second-order valence-electron chi connectivity index (χ2n) is 3.21. The summed E-state index contributed by atoms with van der Waals surface area (Å²) in [6.07, 6.45) is 1.62. The fourth-order valence-electron chi connectivity index (χ4n) is 1.18. The first-order valence-electron chi connectivity index (χ1n) is 5.10. The Kier molecular flexibility index (Phi) is 4.57. The van der Waals surface area contributed by atoms with Gasteiger partial charge in [-0.15, -0.1) is 0 Å². The molecule has 5 heteroatoms. The fourth-order valence-corrected chi connectivity index (χ4v) is 1.18. The quantitative estimate of drug-likeness (QED) is 0.767. The number of nitrogens with zero attached hydrogens (tertiary/aromatic N) is 1. The van der Waals surface area contributed by atoms with Crippen LogP contribution in [0.25, 0.3) is 0 Å². The summed E-state index contributed by atoms with van der Waals surface area (Å²) >= 11 is 0. The molecule has 1 aromatic rings. The molecule has 0 aromatic carbocycles. The number of carbonyl (C=O) groups excluding carboxylic acids is 1. The summed E-state index contributed by atoms with van der Waals surface area (Å²) in [6, 6.07) is 3.15. The minimum Gasteiger partial charge on any atom is -0.478 e. The van der Waals surface area contributed by atoms with Crippen molar-refractivity contribution in [2.24, 2.45) is 0 Å². The molecule has 0 spiro atoms. The van der Waals surface area contributed by atoms with Crippen molar-refractivity contribution in [3.05, 3.63) is 18.3 Å². The summed E-state index contributed by atoms with van der Waals surface area (Å²) in [5.41, 5.74) is 0.751. The smallest absolute Gasteiger partial charge is 0.327 e. The van der Waals surface area contributed by atoms with Crippen molar-refractivity contribution in [1.29, 1.82) is 0 Å². The first kappa shape index (κ1) is 12.3. The Balaban J connectivity index is 2.58. The van der Waals surface area contributed by atoms with Crippen LogP contribution in [-0.2, 0) is 9.53 Å². The molecule has 0 fully saturated rings. The summed E-state index contributed by atoms with van der Waals surface area (Å²) in [6.45, 7) is 4.20. The van der Waals surface area contributed by atoms with Crippen LogP contribution in [0.4, 0.5) is 5.69 Å². The average molecular weight is 224 g/mol. The normalized spacial score (nSPS) is 11.7. The zero-order valence-electron chi connectivity index (χ0n) is 9.69. The third-order valence-electron chi connectivity index (χ3n) is 1.97. The number of methoxy groups -OCH3 is 1. The van der Waals surface area contributed by atoms with Gasteiger partial charge in [0.15, 0.2) is 0 Å². The number of nitrogens with one attached hydrogen (secondary N) is 1. The van der Waals surface area contributed by atoms with Gasteiger partial charge in [0.2, 0.25) is 5.88 Å². The molecule has 88 valence electrons. The van der Waals surface area contributed by atoms with Crippen molar-refractivity contribution >= 4 is 11.7 Å². The molecular weight excluding hydrogens is 208 g/mol. The van der Waals surface area contributed by atoms with Gasteiger partial charge in [0, 0.05) is 6.07 Å². The number of pyridine rings is 1. The van der Waals surface area contributed by atoms with Gasteiger partial charge in [0.05, 0.1) is 25.6 Å². The Morgan fingerprint density at radius 1 is 1.56 bits per heavy atom. The standard InChI is InChI=1S/C11H16N2O3/c1-4-16-10-6-5-9(7-12-10)13-8(2)11(14)15-3/h5-8,13H,4H2,1-3H3. The van der Waals surface area contributed by atoms with Crippen molar-refractivity contribution in [2.75, 3.05) is 19.0 Å². The molecule has 0 saturated heterocycles. The molecule has 0 saturated carbocycles. The number of esters is 1. The lowest BCUT2D eigenvalue weighted by Gasteiger charge is -2.12. The second-order valence-corrected chi connectivity index (χ2v) is 3.21. The van der Waals surface area contributed by atoms with Gasteiger partial charge < -0.3 is 14.8 Å². The number of anilines is 1. The summed E-state index contributed by atoms with van der Waals surface area (Å²) in [5.74, 6) is 0.257. The van der Waals surface area contributed by atoms with E-state index in [9.17, 15) is 4.79 Å². The number of hydrogen-bond acceptors (Lipinski definition) is 5. The SMILES string of the molecule is CCOc1ccc(NC(C)C(=O)OC)cn1. The molecule has 5 nitrogen and oxygen atoms in total. The summed E-state index contributed by atoms with van der Waals surface area (Å²) in [4.78, 5) is 15.2. The lowest BCUT2D eigenvalue weighted by Crippen LogP contribution is -2.27. The molecule has 1 rings (SSSR count). The summed E-state index contributed by atoms with van der Waals surface area (Å²) in [5, 5.41) is 2.97. The zero-order valence-corrected chi connectivity index (χ0v) is 9.69. The van der Waals surface area contributed by atoms with Crippen LogP contribution >= 0.6 is 0 Å². The largest absolute Gasteiger partial charge is 0.478 e. The molecule has 0 amide bonds. The van der Waals surface area contributed by atoms with Crippen LogP contribution in [0.1, 0.15) is 13.8 Å². The monoisotopic (exact) mass is 224 g/mol. The number of ether oxygens (including phenoxy) is 2. The molecule has 0 aliphatic carbocycles. The predicted molar refractivity (Wildman–Crippen MR) is 60.5 cm³/mol. The Hall–Kier alpha value is -1.78. The van der Waals surface area contributed by atoms with Gasteiger partial charge in [-0.1, -0.05) is 0 Å². The Labute approximate surface area is 94.8 Å². The highest BCUT2D eigenvalue weighted by Crippen LogP contribution is 2.12. The Bertz CT molecular complexity index is 338. The van der Waals surface area contributed by atoms with E-state index in [0.717, 1.165) is 5.69 Å². The number of rotatable bonds is 5. The van der Waals surface area contributed by atoms with Crippen LogP contribution < -0.4 is 10.1 Å². The summed E-state index contributed by atoms with van der Waals surface area (Å²) in [7, 11) is 1.36. The molecule has 0 radical (unpaired) electrons. The predicted octanol–water partition coefficient (Wildman–Crippen LogP) is 1.45. The van der Waals surface area contributed by atoms with E-state index in [1.807, 2.05) is 6.92 Å². The maximum absolute atomic E-state index is 11.2. The lowest BCUT2D eigenvalue weighted by molar-refractivity contribution is -0.141. The molecule has 0 aliphatic heterocycles. The fraction of sp³-hybridized carbons (Fsp3) is 0.455. The maximum atomic E-state index is 11.2. The van der Waals surface area contributed by atoms with Gasteiger partial charge in [0.25, 0.3) is 0 Å². The molecule has 1 aromatic heterocycles. The van der Waals surface area contributed by atoms with Crippen LogP contribution in [0.5, 0.6) is 5.88 Å². The average Bonchev–Trinajstić information content (AvgIpc) is 2.31. The van der Waals surface area contributed by atoms with Crippen molar-refractivity contribution in [3.63, 3.8) is 0 Å². The molecule has 1 unspecified atom stereocenters. The van der Waals surface area contributed by atoms with Gasteiger partial charge in [-0.05, 0) is 19.9 Å². The van der Waals surface area contributed by atoms with Crippen LogP contribution in [-0.4, -0.2) is 30.7 Å². The zero-order chi connectivity index (χ0) is 12.0. The van der Waals surface area contributed by atoms with Gasteiger partial charge >= 0.3 is 5.97 Å². The first-order chi connectivity index (χ1) is 7.67. The highest BCUT2D eigenvalue weighted by Gasteiger charge is 2.12. The lowest BCUT2D eigenvalue weighted by atomic mass is 10.3. The van der Waals surface area contributed by atoms with Crippen molar-refractivity contribution < 1.29 is 14.3 Å². The highest BCUT2D eigenvalue weighted by molar-refractivity contribution is 5.78. The van der Waals surface area contributed by atoms with E-state index in [1.165, 1.54) is 7.11 Å². The number of carbonyl (C=O) groups is 1. The van der Waals surface area contributed by atoms with Gasteiger partial charge in [-0.2, -0.15) is 0 Å². The molecule has 0 aliphatic rings. The molecule has 1 atom stereocenters. The van der Waals surface area contributed by atoms with E-state index in [-0.39, 0.29) is 5.97 Å². The van der Waals surface area contributed by atoms with E-state index < -0.39 is 6.04 Å². The van der Waals surface area contributed by atoms with E-state index in [4.69, 9.17) is 4.74 Å². The van der Waals surface area contributed by atoms with Crippen LogP contribution in [0.3, 0.4) is 0 Å². The van der Waals surface area contributed by atoms with E-state index >= 15 is 0 Å². The molecule has 1 N–H and O–H groups in total. The molecule has 1 heterocycles. The molecule has 16 heavy (non-hydrogen) atoms. The third kappa shape index (κ3) is 3.42. The highest BCUT2D eigenvalue weighted by atomic mass is 16.5. The minimum atomic E-state index is -0.398. The van der Waals surface area contributed by atoms with E-state index in [2.05, 4.69) is 15.0 Å². The van der Waals surface area contributed by atoms with E-state index in [0.29, 0.717) is 12.5 Å². The van der Waals surface area contributed by atoms with E-state index in [1.54, 1.807) is 25.3 Å². The number of aromatic nitrogens is 1. The maximum Gasteiger partial charge on any atom is 0.327 e. The van der Waals surface area contributed by atoms with Crippen molar-refractivity contribution in [1.82, 2.24) is 4.98 Å². The van der Waals surface area contributed by atoms with Crippen molar-refractivity contribution in [3.8, 4) is 5.88 Å². The summed E-state index contributed by atoms with van der Waals surface area (Å²) < 4.78 is 9.80. The Morgan fingerprint density at radius 2 is 2.31 bits per heavy atom. The van der Waals surface area contributed by atoms with Crippen LogP contribution in [0.2, 0.25) is 0 Å². The molecule has 0 bridgehead atoms. The second kappa shape index (κ2) is 5.95. The topological polar surface area (TPSA) is 60.5 Å². The minimum absolute atomic E-state index is 0.311. The van der Waals surface area contributed by atoms with Crippen LogP contribution in [0.15, 0.2) is 18.3 Å². The molecular formula is C11H16N2O3. The van der Waals surface area contributed by atoms with Gasteiger partial charge in [-0.3, -0.25) is 0 Å².